The molecule has 0 spiro atoms. The van der Waals surface area contributed by atoms with Gasteiger partial charge in [-0.3, -0.25) is 0 Å². The van der Waals surface area contributed by atoms with Crippen LogP contribution < -0.4 is 0 Å². The van der Waals surface area contributed by atoms with E-state index in [1.807, 2.05) is 50.2 Å². The summed E-state index contributed by atoms with van der Waals surface area (Å²) in [5.74, 6) is -0.348. The number of esters is 1. The van der Waals surface area contributed by atoms with Crippen molar-refractivity contribution < 1.29 is 9.53 Å². The third-order valence-corrected chi connectivity index (χ3v) is 3.58. The highest BCUT2D eigenvalue weighted by Crippen LogP contribution is 2.26. The van der Waals surface area contributed by atoms with Gasteiger partial charge in [0.1, 0.15) is 0 Å². The van der Waals surface area contributed by atoms with E-state index in [9.17, 15) is 4.79 Å². The Bertz CT molecular complexity index is 835. The number of para-hydroxylation sites is 1. The van der Waals surface area contributed by atoms with Crippen LogP contribution in [0.3, 0.4) is 0 Å². The Balaban J connectivity index is 2.33. The summed E-state index contributed by atoms with van der Waals surface area (Å²) in [5.41, 5.74) is 4.31. The van der Waals surface area contributed by atoms with Crippen LogP contribution in [-0.2, 0) is 4.74 Å². The van der Waals surface area contributed by atoms with E-state index in [1.165, 1.54) is 0 Å². The minimum atomic E-state index is -0.348. The van der Waals surface area contributed by atoms with Crippen molar-refractivity contribution >= 4 is 16.9 Å². The molecule has 112 valence electrons. The highest BCUT2D eigenvalue weighted by molar-refractivity contribution is 6.03. The van der Waals surface area contributed by atoms with E-state index in [2.05, 4.69) is 11.2 Å². The third-order valence-electron chi connectivity index (χ3n) is 3.58. The molecule has 0 atom stereocenters. The molecule has 0 amide bonds. The number of ether oxygens (including phenoxy) is 1. The maximum atomic E-state index is 12.5. The predicted molar refractivity (Wildman–Crippen MR) is 86.5 cm³/mol. The number of hydrogen-bond acceptors (Lipinski definition) is 3. The van der Waals surface area contributed by atoms with Crippen LogP contribution in [0.15, 0.2) is 42.5 Å². The summed E-state index contributed by atoms with van der Waals surface area (Å²) in [6.07, 6.45) is 0. The molecular formula is C18H18N2O2. The summed E-state index contributed by atoms with van der Waals surface area (Å²) < 4.78 is 6.91. The number of carbonyl (C=O) groups is 1. The summed E-state index contributed by atoms with van der Waals surface area (Å²) in [5, 5.41) is 5.48. The van der Waals surface area contributed by atoms with Gasteiger partial charge in [-0.25, -0.2) is 9.48 Å². The first-order valence-electron chi connectivity index (χ1n) is 7.34. The second-order valence-corrected chi connectivity index (χ2v) is 5.29. The van der Waals surface area contributed by atoms with Crippen LogP contribution in [0.4, 0.5) is 0 Å². The van der Waals surface area contributed by atoms with Gasteiger partial charge in [-0.2, -0.15) is 5.10 Å². The van der Waals surface area contributed by atoms with Crippen LogP contribution in [-0.4, -0.2) is 22.4 Å². The molecule has 4 nitrogen and oxygen atoms in total. The Hall–Kier alpha value is -2.62. The Kier molecular flexibility index (Phi) is 3.67. The Labute approximate surface area is 129 Å². The van der Waals surface area contributed by atoms with Crippen molar-refractivity contribution in [2.75, 3.05) is 6.61 Å². The Morgan fingerprint density at radius 2 is 1.91 bits per heavy atom. The van der Waals surface area contributed by atoms with Crippen LogP contribution in [0.2, 0.25) is 0 Å². The zero-order chi connectivity index (χ0) is 15.7. The van der Waals surface area contributed by atoms with Crippen LogP contribution >= 0.6 is 0 Å². The van der Waals surface area contributed by atoms with E-state index < -0.39 is 0 Å². The Morgan fingerprint density at radius 1 is 1.18 bits per heavy atom. The molecule has 3 aromatic rings. The molecule has 4 heteroatoms. The molecule has 0 aliphatic rings. The highest BCUT2D eigenvalue weighted by atomic mass is 16.5. The summed E-state index contributed by atoms with van der Waals surface area (Å²) in [4.78, 5) is 12.5. The summed E-state index contributed by atoms with van der Waals surface area (Å²) in [6.45, 7) is 6.17. The van der Waals surface area contributed by atoms with Crippen LogP contribution in [0, 0.1) is 13.8 Å². The molecular weight excluding hydrogens is 276 g/mol. The zero-order valence-electron chi connectivity index (χ0n) is 13.0. The average molecular weight is 294 g/mol. The molecule has 1 aromatic heterocycles. The largest absolute Gasteiger partial charge is 0.461 e. The number of benzene rings is 2. The second-order valence-electron chi connectivity index (χ2n) is 5.29. The first kappa shape index (κ1) is 14.3. The quantitative estimate of drug-likeness (QED) is 0.690. The minimum Gasteiger partial charge on any atom is -0.461 e. The predicted octanol–water partition coefficient (Wildman–Crippen LogP) is 3.82. The fourth-order valence-corrected chi connectivity index (χ4v) is 2.69. The molecule has 0 unspecified atom stereocenters. The lowest BCUT2D eigenvalue weighted by Gasteiger charge is -2.07. The molecule has 3 rings (SSSR count). The summed E-state index contributed by atoms with van der Waals surface area (Å²) >= 11 is 0. The number of rotatable bonds is 3. The van der Waals surface area contributed by atoms with E-state index in [0.717, 1.165) is 27.7 Å². The molecule has 0 saturated carbocycles. The molecule has 2 aromatic carbocycles. The van der Waals surface area contributed by atoms with E-state index in [0.29, 0.717) is 12.3 Å². The van der Waals surface area contributed by atoms with Crippen molar-refractivity contribution in [1.82, 2.24) is 9.78 Å². The number of fused-ring (bicyclic) bond motifs is 1. The first-order valence-corrected chi connectivity index (χ1v) is 7.34. The number of nitrogens with zero attached hydrogens (tertiary/aromatic N) is 2. The summed E-state index contributed by atoms with van der Waals surface area (Å²) in [7, 11) is 0. The second kappa shape index (κ2) is 5.64. The van der Waals surface area contributed by atoms with Crippen LogP contribution in [0.25, 0.3) is 16.6 Å². The lowest BCUT2D eigenvalue weighted by molar-refractivity contribution is 0.0518. The molecule has 1 heterocycles. The molecule has 0 radical (unpaired) electrons. The average Bonchev–Trinajstić information content (AvgIpc) is 2.88. The number of hydrogen-bond donors (Lipinski definition) is 0. The van der Waals surface area contributed by atoms with Crippen molar-refractivity contribution in [3.05, 3.63) is 59.3 Å². The maximum absolute atomic E-state index is 12.5. The molecule has 0 aliphatic carbocycles. The lowest BCUT2D eigenvalue weighted by atomic mass is 10.1. The molecule has 22 heavy (non-hydrogen) atoms. The van der Waals surface area contributed by atoms with Gasteiger partial charge >= 0.3 is 5.97 Å². The SMILES string of the molecule is CCOC(=O)c1c2cc(C)cc(C)c2nn1-c1ccccc1. The van der Waals surface area contributed by atoms with Crippen molar-refractivity contribution in [1.29, 1.82) is 0 Å². The summed E-state index contributed by atoms with van der Waals surface area (Å²) in [6, 6.07) is 13.7. The minimum absolute atomic E-state index is 0.338. The standard InChI is InChI=1S/C18H18N2O2/c1-4-22-18(21)17-15-11-12(2)10-13(3)16(15)19-20(17)14-8-6-5-7-9-14/h5-11H,4H2,1-3H3. The van der Waals surface area contributed by atoms with Gasteiger partial charge < -0.3 is 4.74 Å². The third kappa shape index (κ3) is 2.37. The highest BCUT2D eigenvalue weighted by Gasteiger charge is 2.21. The van der Waals surface area contributed by atoms with E-state index >= 15 is 0 Å². The monoisotopic (exact) mass is 294 g/mol. The van der Waals surface area contributed by atoms with Crippen molar-refractivity contribution in [3.63, 3.8) is 0 Å². The van der Waals surface area contributed by atoms with E-state index in [-0.39, 0.29) is 5.97 Å². The van der Waals surface area contributed by atoms with Gasteiger partial charge in [0, 0.05) is 5.39 Å². The molecule has 0 saturated heterocycles. The van der Waals surface area contributed by atoms with Crippen molar-refractivity contribution in [2.45, 2.75) is 20.8 Å². The Morgan fingerprint density at radius 3 is 2.59 bits per heavy atom. The fourth-order valence-electron chi connectivity index (χ4n) is 2.69. The van der Waals surface area contributed by atoms with Gasteiger partial charge in [0.25, 0.3) is 0 Å². The topological polar surface area (TPSA) is 44.1 Å². The molecule has 0 aliphatic heterocycles. The molecule has 0 N–H and O–H groups in total. The molecule has 0 bridgehead atoms. The maximum Gasteiger partial charge on any atom is 0.357 e. The van der Waals surface area contributed by atoms with Gasteiger partial charge in [0.05, 0.1) is 17.8 Å². The van der Waals surface area contributed by atoms with Gasteiger partial charge in [0.2, 0.25) is 0 Å². The number of aryl methyl sites for hydroxylation is 2. The number of aromatic nitrogens is 2. The van der Waals surface area contributed by atoms with E-state index in [1.54, 1.807) is 11.6 Å². The lowest BCUT2D eigenvalue weighted by Crippen LogP contribution is -2.12. The van der Waals surface area contributed by atoms with E-state index in [4.69, 9.17) is 4.74 Å². The van der Waals surface area contributed by atoms with Gasteiger partial charge in [-0.15, -0.1) is 0 Å². The van der Waals surface area contributed by atoms with Crippen LogP contribution in [0.1, 0.15) is 28.5 Å². The van der Waals surface area contributed by atoms with Crippen LogP contribution in [0.5, 0.6) is 0 Å². The first-order chi connectivity index (χ1) is 10.6. The van der Waals surface area contributed by atoms with Gasteiger partial charge in [-0.1, -0.05) is 29.8 Å². The zero-order valence-corrected chi connectivity index (χ0v) is 13.0. The van der Waals surface area contributed by atoms with Crippen molar-refractivity contribution in [2.24, 2.45) is 0 Å². The van der Waals surface area contributed by atoms with Gasteiger partial charge in [-0.05, 0) is 44.5 Å². The van der Waals surface area contributed by atoms with Crippen molar-refractivity contribution in [3.8, 4) is 5.69 Å². The normalized spacial score (nSPS) is 10.9. The fraction of sp³-hybridized carbons (Fsp3) is 0.222. The number of carbonyl (C=O) groups excluding carboxylic acids is 1. The smallest absolute Gasteiger partial charge is 0.357 e. The molecule has 0 fully saturated rings. The van der Waals surface area contributed by atoms with Gasteiger partial charge in [0.15, 0.2) is 5.69 Å².